The molecule has 10 rings (SSSR count). The van der Waals surface area contributed by atoms with E-state index in [1.807, 2.05) is 0 Å². The molecule has 0 saturated heterocycles. The molecule has 3 aliphatic carbocycles. The lowest BCUT2D eigenvalue weighted by Gasteiger charge is -2.33. The SMILES string of the molecule is C=C(C)Cc1ccc(-c2ccc3c(c2)C2C=C4C(=CC2N3c2ccccc2)C(C)(C)c2ccccc24)cc1-c1cc2c(cc1C)C(C)(C)c1ccccc1-2. The molecule has 1 nitrogen and oxygen atoms in total. The molecule has 0 amide bonds. The van der Waals surface area contributed by atoms with E-state index in [0.717, 1.165) is 6.42 Å². The van der Waals surface area contributed by atoms with E-state index in [2.05, 4.69) is 193 Å². The maximum absolute atomic E-state index is 4.34. The van der Waals surface area contributed by atoms with Crippen LogP contribution in [0.15, 0.2) is 157 Å². The van der Waals surface area contributed by atoms with Crippen LogP contribution in [-0.4, -0.2) is 6.04 Å². The third-order valence-corrected chi connectivity index (χ3v) is 13.0. The van der Waals surface area contributed by atoms with Gasteiger partial charge in [-0.2, -0.15) is 0 Å². The summed E-state index contributed by atoms with van der Waals surface area (Å²) in [5.74, 6) is 0.241. The number of aryl methyl sites for hydroxylation is 1. The van der Waals surface area contributed by atoms with Gasteiger partial charge in [0.2, 0.25) is 0 Å². The molecule has 6 aromatic rings. The molecular formula is C53H47N. The van der Waals surface area contributed by atoms with Gasteiger partial charge in [-0.3, -0.25) is 0 Å². The maximum atomic E-state index is 4.34. The predicted octanol–water partition coefficient (Wildman–Crippen LogP) is 13.7. The molecule has 0 fully saturated rings. The van der Waals surface area contributed by atoms with Crippen molar-refractivity contribution in [3.05, 3.63) is 196 Å². The van der Waals surface area contributed by atoms with Crippen molar-refractivity contribution in [1.29, 1.82) is 0 Å². The Morgan fingerprint density at radius 3 is 2.04 bits per heavy atom. The number of hydrogen-bond donors (Lipinski definition) is 0. The minimum Gasteiger partial charge on any atom is -0.333 e. The number of fused-ring (bicyclic) bond motifs is 9. The van der Waals surface area contributed by atoms with E-state index < -0.39 is 0 Å². The first-order chi connectivity index (χ1) is 26.0. The fourth-order valence-corrected chi connectivity index (χ4v) is 10.3. The van der Waals surface area contributed by atoms with Gasteiger partial charge in [-0.15, -0.1) is 0 Å². The highest BCUT2D eigenvalue weighted by Crippen LogP contribution is 2.58. The van der Waals surface area contributed by atoms with Gasteiger partial charge in [0, 0.05) is 28.1 Å². The molecular weight excluding hydrogens is 651 g/mol. The highest BCUT2D eigenvalue weighted by Gasteiger charge is 2.46. The Morgan fingerprint density at radius 1 is 0.611 bits per heavy atom. The molecule has 2 unspecified atom stereocenters. The summed E-state index contributed by atoms with van der Waals surface area (Å²) < 4.78 is 0. The van der Waals surface area contributed by atoms with Gasteiger partial charge in [0.15, 0.2) is 0 Å². The van der Waals surface area contributed by atoms with Crippen LogP contribution >= 0.6 is 0 Å². The summed E-state index contributed by atoms with van der Waals surface area (Å²) in [6.45, 7) is 18.3. The van der Waals surface area contributed by atoms with Crippen molar-refractivity contribution in [2.45, 2.75) is 70.8 Å². The molecule has 0 aromatic heterocycles. The van der Waals surface area contributed by atoms with Crippen LogP contribution < -0.4 is 4.90 Å². The van der Waals surface area contributed by atoms with E-state index in [1.54, 1.807) is 0 Å². The second-order valence-corrected chi connectivity index (χ2v) is 17.2. The standard InChI is InChI=1S/C53H47N/c1-32(2)25-36-22-21-34(27-41(36)40-29-42-38-17-11-13-19-46(38)52(4,5)48(42)26-33(40)3)35-23-24-50-44(28-35)45-30-43-39-18-12-14-20-47(39)53(6,7)49(43)31-51(45)54(50)37-15-9-8-10-16-37/h8-24,26-31,45,51H,1,25H2,2-7H3. The van der Waals surface area contributed by atoms with Crippen molar-refractivity contribution < 1.29 is 0 Å². The summed E-state index contributed by atoms with van der Waals surface area (Å²) in [5, 5.41) is 0. The molecule has 6 aromatic carbocycles. The number of nitrogens with zero attached hydrogens (tertiary/aromatic N) is 1. The van der Waals surface area contributed by atoms with Gasteiger partial charge < -0.3 is 4.90 Å². The number of rotatable bonds is 5. The molecule has 264 valence electrons. The fourth-order valence-electron chi connectivity index (χ4n) is 10.3. The van der Waals surface area contributed by atoms with Gasteiger partial charge in [0.1, 0.15) is 0 Å². The number of anilines is 2. The largest absolute Gasteiger partial charge is 0.333 e. The second-order valence-electron chi connectivity index (χ2n) is 17.2. The zero-order chi connectivity index (χ0) is 37.1. The Hall–Kier alpha value is -5.66. The zero-order valence-electron chi connectivity index (χ0n) is 32.3. The molecule has 4 aliphatic rings. The van der Waals surface area contributed by atoms with Crippen molar-refractivity contribution in [2.24, 2.45) is 0 Å². The quantitative estimate of drug-likeness (QED) is 0.162. The Labute approximate surface area is 321 Å². The Morgan fingerprint density at radius 2 is 1.28 bits per heavy atom. The Kier molecular flexibility index (Phi) is 7.12. The van der Waals surface area contributed by atoms with Crippen LogP contribution in [0.2, 0.25) is 0 Å². The number of benzene rings is 6. The van der Waals surface area contributed by atoms with Crippen molar-refractivity contribution >= 4 is 16.9 Å². The summed E-state index contributed by atoms with van der Waals surface area (Å²) in [6.07, 6.45) is 6.04. The van der Waals surface area contributed by atoms with Crippen LogP contribution in [0, 0.1) is 6.92 Å². The van der Waals surface area contributed by atoms with E-state index in [0.29, 0.717) is 0 Å². The third-order valence-electron chi connectivity index (χ3n) is 13.0. The van der Waals surface area contributed by atoms with Crippen molar-refractivity contribution in [2.75, 3.05) is 4.90 Å². The first-order valence-electron chi connectivity index (χ1n) is 19.6. The molecule has 1 heteroatoms. The third kappa shape index (κ3) is 4.70. The first kappa shape index (κ1) is 32.9. The monoisotopic (exact) mass is 697 g/mol. The van der Waals surface area contributed by atoms with Crippen LogP contribution in [0.4, 0.5) is 11.4 Å². The van der Waals surface area contributed by atoms with Crippen molar-refractivity contribution in [1.82, 2.24) is 0 Å². The smallest absolute Gasteiger partial charge is 0.0632 e. The highest BCUT2D eigenvalue weighted by atomic mass is 15.2. The summed E-state index contributed by atoms with van der Waals surface area (Å²) in [7, 11) is 0. The average molecular weight is 698 g/mol. The topological polar surface area (TPSA) is 3.24 Å². The fraction of sp³-hybridized carbons (Fsp3) is 0.208. The molecule has 0 spiro atoms. The number of para-hydroxylation sites is 1. The van der Waals surface area contributed by atoms with Crippen LogP contribution in [0.3, 0.4) is 0 Å². The van der Waals surface area contributed by atoms with Gasteiger partial charge in [0.05, 0.1) is 6.04 Å². The van der Waals surface area contributed by atoms with E-state index in [9.17, 15) is 0 Å². The zero-order valence-corrected chi connectivity index (χ0v) is 32.3. The normalized spacial score (nSPS) is 19.2. The van der Waals surface area contributed by atoms with E-state index in [1.165, 1.54) is 100 Å². The summed E-state index contributed by atoms with van der Waals surface area (Å²) in [5.41, 5.74) is 24.1. The molecule has 0 radical (unpaired) electrons. The molecule has 1 heterocycles. The molecule has 0 bridgehead atoms. The van der Waals surface area contributed by atoms with Crippen LogP contribution in [-0.2, 0) is 17.3 Å². The molecule has 54 heavy (non-hydrogen) atoms. The van der Waals surface area contributed by atoms with Crippen molar-refractivity contribution in [3.63, 3.8) is 0 Å². The van der Waals surface area contributed by atoms with Gasteiger partial charge in [0.25, 0.3) is 0 Å². The predicted molar refractivity (Wildman–Crippen MR) is 229 cm³/mol. The number of hydrogen-bond acceptors (Lipinski definition) is 1. The van der Waals surface area contributed by atoms with E-state index in [-0.39, 0.29) is 22.8 Å². The van der Waals surface area contributed by atoms with Gasteiger partial charge in [-0.1, -0.05) is 143 Å². The van der Waals surface area contributed by atoms with Crippen LogP contribution in [0.1, 0.15) is 79.5 Å². The van der Waals surface area contributed by atoms with E-state index >= 15 is 0 Å². The van der Waals surface area contributed by atoms with Gasteiger partial charge >= 0.3 is 0 Å². The Balaban J connectivity index is 1.13. The van der Waals surface area contributed by atoms with Crippen LogP contribution in [0.5, 0.6) is 0 Å². The Bertz CT molecular complexity index is 2630. The van der Waals surface area contributed by atoms with Crippen LogP contribution in [0.25, 0.3) is 39.0 Å². The summed E-state index contributed by atoms with van der Waals surface area (Å²) >= 11 is 0. The molecule has 0 N–H and O–H groups in total. The lowest BCUT2D eigenvalue weighted by atomic mass is 9.77. The second kappa shape index (κ2) is 11.7. The minimum absolute atomic E-state index is 0.0196. The number of allylic oxidation sites excluding steroid dienone is 3. The maximum Gasteiger partial charge on any atom is 0.0632 e. The lowest BCUT2D eigenvalue weighted by molar-refractivity contribution is 0.639. The highest BCUT2D eigenvalue weighted by molar-refractivity contribution is 5.94. The molecule has 0 saturated carbocycles. The molecule has 2 atom stereocenters. The molecule has 1 aliphatic heterocycles. The first-order valence-corrected chi connectivity index (χ1v) is 19.6. The van der Waals surface area contributed by atoms with Crippen molar-refractivity contribution in [3.8, 4) is 33.4 Å². The average Bonchev–Trinajstić information content (AvgIpc) is 3.70. The van der Waals surface area contributed by atoms with Gasteiger partial charge in [-0.25, -0.2) is 0 Å². The van der Waals surface area contributed by atoms with Gasteiger partial charge in [-0.05, 0) is 140 Å². The lowest BCUT2D eigenvalue weighted by Crippen LogP contribution is -2.31. The minimum atomic E-state index is -0.0366. The van der Waals surface area contributed by atoms with E-state index in [4.69, 9.17) is 0 Å². The summed E-state index contributed by atoms with van der Waals surface area (Å²) in [6, 6.07) is 48.5. The summed E-state index contributed by atoms with van der Waals surface area (Å²) in [4.78, 5) is 2.58.